The van der Waals surface area contributed by atoms with Crippen molar-refractivity contribution in [3.63, 3.8) is 0 Å². The Bertz CT molecular complexity index is 519. The molecule has 4 atom stereocenters. The third-order valence-electron chi connectivity index (χ3n) is 6.30. The third-order valence-corrected chi connectivity index (χ3v) is 6.53. The number of halogens is 1. The van der Waals surface area contributed by atoms with Crippen molar-refractivity contribution in [1.82, 2.24) is 5.32 Å². The van der Waals surface area contributed by atoms with Crippen molar-refractivity contribution >= 4 is 11.6 Å². The first-order valence-corrected chi connectivity index (χ1v) is 8.76. The predicted molar refractivity (Wildman–Crippen MR) is 90.6 cm³/mol. The van der Waals surface area contributed by atoms with E-state index in [0.717, 1.165) is 17.4 Å². The summed E-state index contributed by atoms with van der Waals surface area (Å²) >= 11 is 6.18. The molecule has 0 spiro atoms. The molecule has 3 rings (SSSR count). The van der Waals surface area contributed by atoms with E-state index in [9.17, 15) is 0 Å². The molecule has 2 bridgehead atoms. The Morgan fingerprint density at radius 1 is 1.33 bits per heavy atom. The zero-order chi connectivity index (χ0) is 15.3. The summed E-state index contributed by atoms with van der Waals surface area (Å²) in [6.07, 6.45) is 5.29. The Morgan fingerprint density at radius 2 is 2.10 bits per heavy atom. The SMILES string of the molecule is CCC(NC1C(C)(C)[C@H]2CC[C@]1(C)C2)c1cccc(Cl)c1. The van der Waals surface area contributed by atoms with E-state index in [1.54, 1.807) is 0 Å². The molecule has 2 aliphatic carbocycles. The molecular formula is C19H28ClN. The highest BCUT2D eigenvalue weighted by Crippen LogP contribution is 2.62. The topological polar surface area (TPSA) is 12.0 Å². The summed E-state index contributed by atoms with van der Waals surface area (Å²) in [5.74, 6) is 0.886. The highest BCUT2D eigenvalue weighted by atomic mass is 35.5. The van der Waals surface area contributed by atoms with Gasteiger partial charge in [0.2, 0.25) is 0 Å². The highest BCUT2D eigenvalue weighted by Gasteiger charge is 2.59. The van der Waals surface area contributed by atoms with Crippen LogP contribution in [0.5, 0.6) is 0 Å². The van der Waals surface area contributed by atoms with Gasteiger partial charge in [-0.15, -0.1) is 0 Å². The molecule has 0 aliphatic heterocycles. The van der Waals surface area contributed by atoms with Crippen LogP contribution in [0.4, 0.5) is 0 Å². The van der Waals surface area contributed by atoms with Gasteiger partial charge in [0.05, 0.1) is 0 Å². The lowest BCUT2D eigenvalue weighted by Crippen LogP contribution is -2.51. The molecule has 1 nitrogen and oxygen atoms in total. The van der Waals surface area contributed by atoms with Gasteiger partial charge in [0.25, 0.3) is 0 Å². The predicted octanol–water partition coefficient (Wildman–Crippen LogP) is 5.60. The van der Waals surface area contributed by atoms with Gasteiger partial charge in [0.1, 0.15) is 0 Å². The fourth-order valence-electron chi connectivity index (χ4n) is 5.09. The molecule has 2 saturated carbocycles. The van der Waals surface area contributed by atoms with Gasteiger partial charge in [-0.3, -0.25) is 0 Å². The van der Waals surface area contributed by atoms with E-state index in [-0.39, 0.29) is 0 Å². The van der Waals surface area contributed by atoms with Gasteiger partial charge in [-0.25, -0.2) is 0 Å². The van der Waals surface area contributed by atoms with Crippen LogP contribution >= 0.6 is 11.6 Å². The molecule has 0 amide bonds. The summed E-state index contributed by atoms with van der Waals surface area (Å²) in [6, 6.07) is 9.36. The van der Waals surface area contributed by atoms with Crippen molar-refractivity contribution in [2.24, 2.45) is 16.7 Å². The second kappa shape index (κ2) is 5.28. The summed E-state index contributed by atoms with van der Waals surface area (Å²) < 4.78 is 0. The molecule has 1 N–H and O–H groups in total. The van der Waals surface area contributed by atoms with Crippen LogP contribution in [0.1, 0.15) is 65.0 Å². The zero-order valence-corrected chi connectivity index (χ0v) is 14.5. The van der Waals surface area contributed by atoms with Gasteiger partial charge in [-0.2, -0.15) is 0 Å². The molecule has 2 heteroatoms. The molecule has 2 fully saturated rings. The minimum absolute atomic E-state index is 0.402. The number of nitrogens with one attached hydrogen (secondary N) is 1. The van der Waals surface area contributed by atoms with Crippen molar-refractivity contribution in [2.45, 2.75) is 65.5 Å². The second-order valence-electron chi connectivity index (χ2n) is 8.03. The minimum Gasteiger partial charge on any atom is -0.306 e. The first kappa shape index (κ1) is 15.4. The lowest BCUT2D eigenvalue weighted by molar-refractivity contribution is 0.0976. The fourth-order valence-corrected chi connectivity index (χ4v) is 5.29. The van der Waals surface area contributed by atoms with E-state index in [0.29, 0.717) is 22.9 Å². The molecule has 116 valence electrons. The summed E-state index contributed by atoms with van der Waals surface area (Å²) in [5.41, 5.74) is 2.20. The van der Waals surface area contributed by atoms with Gasteiger partial charge in [0.15, 0.2) is 0 Å². The molecule has 21 heavy (non-hydrogen) atoms. The second-order valence-corrected chi connectivity index (χ2v) is 8.47. The largest absolute Gasteiger partial charge is 0.306 e. The van der Waals surface area contributed by atoms with E-state index in [2.05, 4.69) is 51.2 Å². The van der Waals surface area contributed by atoms with Gasteiger partial charge < -0.3 is 5.32 Å². The fraction of sp³-hybridized carbons (Fsp3) is 0.684. The number of benzene rings is 1. The lowest BCUT2D eigenvalue weighted by atomic mass is 9.68. The molecule has 2 aliphatic rings. The van der Waals surface area contributed by atoms with Crippen molar-refractivity contribution in [2.75, 3.05) is 0 Å². The summed E-state index contributed by atoms with van der Waals surface area (Å²) in [6.45, 7) is 9.68. The summed E-state index contributed by atoms with van der Waals surface area (Å²) in [7, 11) is 0. The number of hydrogen-bond donors (Lipinski definition) is 1. The standard InChI is InChI=1S/C19H28ClN/c1-5-16(13-7-6-8-15(20)11-13)21-17-18(2,3)14-9-10-19(17,4)12-14/h6-8,11,14,16-17,21H,5,9-10,12H2,1-4H3/t14-,16?,17?,19+/m0/s1. The Labute approximate surface area is 134 Å². The molecule has 2 unspecified atom stereocenters. The van der Waals surface area contributed by atoms with Gasteiger partial charge in [0, 0.05) is 17.1 Å². The normalized spacial score (nSPS) is 35.1. The molecule has 1 aromatic carbocycles. The number of rotatable bonds is 4. The number of fused-ring (bicyclic) bond motifs is 2. The summed E-state index contributed by atoms with van der Waals surface area (Å²) in [5, 5.41) is 4.85. The van der Waals surface area contributed by atoms with Crippen molar-refractivity contribution < 1.29 is 0 Å². The van der Waals surface area contributed by atoms with E-state index >= 15 is 0 Å². The monoisotopic (exact) mass is 305 g/mol. The highest BCUT2D eigenvalue weighted by molar-refractivity contribution is 6.30. The molecule has 0 heterocycles. The van der Waals surface area contributed by atoms with Crippen LogP contribution in [-0.2, 0) is 0 Å². The Morgan fingerprint density at radius 3 is 2.67 bits per heavy atom. The lowest BCUT2D eigenvalue weighted by Gasteiger charge is -2.45. The van der Waals surface area contributed by atoms with Gasteiger partial charge >= 0.3 is 0 Å². The van der Waals surface area contributed by atoms with E-state index in [1.165, 1.54) is 24.8 Å². The molecule has 0 radical (unpaired) electrons. The first-order valence-electron chi connectivity index (χ1n) is 8.38. The van der Waals surface area contributed by atoms with E-state index in [1.807, 2.05) is 6.07 Å². The van der Waals surface area contributed by atoms with Crippen LogP contribution in [0.2, 0.25) is 5.02 Å². The molecule has 0 aromatic heterocycles. The average molecular weight is 306 g/mol. The average Bonchev–Trinajstić information content (AvgIpc) is 2.90. The maximum atomic E-state index is 6.18. The Hall–Kier alpha value is -0.530. The summed E-state index contributed by atoms with van der Waals surface area (Å²) in [4.78, 5) is 0. The van der Waals surface area contributed by atoms with Gasteiger partial charge in [-0.05, 0) is 60.1 Å². The molecule has 0 saturated heterocycles. The quantitative estimate of drug-likeness (QED) is 0.764. The van der Waals surface area contributed by atoms with Crippen LogP contribution < -0.4 is 5.32 Å². The van der Waals surface area contributed by atoms with Crippen molar-refractivity contribution in [3.8, 4) is 0 Å². The van der Waals surface area contributed by atoms with E-state index in [4.69, 9.17) is 11.6 Å². The zero-order valence-electron chi connectivity index (χ0n) is 13.7. The maximum Gasteiger partial charge on any atom is 0.0409 e. The van der Waals surface area contributed by atoms with Gasteiger partial charge in [-0.1, -0.05) is 51.4 Å². The van der Waals surface area contributed by atoms with Crippen molar-refractivity contribution in [1.29, 1.82) is 0 Å². The third kappa shape index (κ3) is 2.53. The maximum absolute atomic E-state index is 6.18. The first-order chi connectivity index (χ1) is 9.87. The van der Waals surface area contributed by atoms with Crippen molar-refractivity contribution in [3.05, 3.63) is 34.9 Å². The smallest absolute Gasteiger partial charge is 0.0409 e. The Balaban J connectivity index is 1.84. The van der Waals surface area contributed by atoms with E-state index < -0.39 is 0 Å². The Kier molecular flexibility index (Phi) is 3.86. The minimum atomic E-state index is 0.402. The van der Waals surface area contributed by atoms with Crippen LogP contribution in [0.25, 0.3) is 0 Å². The van der Waals surface area contributed by atoms with Crippen LogP contribution in [-0.4, -0.2) is 6.04 Å². The molecule has 1 aromatic rings. The molecular weight excluding hydrogens is 278 g/mol. The van der Waals surface area contributed by atoms with Crippen LogP contribution in [0.3, 0.4) is 0 Å². The number of hydrogen-bond acceptors (Lipinski definition) is 1. The van der Waals surface area contributed by atoms with Crippen LogP contribution in [0.15, 0.2) is 24.3 Å². The van der Waals surface area contributed by atoms with Crippen LogP contribution in [0, 0.1) is 16.7 Å².